The van der Waals surface area contributed by atoms with Crippen LogP contribution in [0.1, 0.15) is 18.1 Å². The van der Waals surface area contributed by atoms with E-state index in [1.54, 1.807) is 49.4 Å². The van der Waals surface area contributed by atoms with Gasteiger partial charge in [0.25, 0.3) is 20.0 Å². The van der Waals surface area contributed by atoms with Crippen LogP contribution in [0, 0.1) is 13.8 Å². The number of carbonyl (C=O) groups excluding carboxylic acids is 1. The van der Waals surface area contributed by atoms with Crippen molar-refractivity contribution in [2.75, 3.05) is 27.5 Å². The molecule has 4 aromatic carbocycles. The topological polar surface area (TPSA) is 122 Å². The smallest absolute Gasteiger partial charge is 0.264 e. The number of hydrogen-bond acceptors (Lipinski definition) is 6. The van der Waals surface area contributed by atoms with E-state index in [-0.39, 0.29) is 15.5 Å². The maximum Gasteiger partial charge on any atom is 0.264 e. The Hall–Kier alpha value is -4.35. The minimum atomic E-state index is -4.14. The number of benzene rings is 4. The fraction of sp³-hybridized carbons (Fsp3) is 0.167. The Bertz CT molecular complexity index is 1720. The quantitative estimate of drug-likeness (QED) is 0.242. The van der Waals surface area contributed by atoms with Crippen molar-refractivity contribution >= 4 is 43.0 Å². The highest BCUT2D eigenvalue weighted by Gasteiger charge is 2.29. The number of rotatable bonds is 11. The van der Waals surface area contributed by atoms with Gasteiger partial charge in [0.05, 0.1) is 27.8 Å². The van der Waals surface area contributed by atoms with Gasteiger partial charge in [0, 0.05) is 5.69 Å². The lowest BCUT2D eigenvalue weighted by Gasteiger charge is -2.26. The zero-order chi connectivity index (χ0) is 29.6. The molecule has 1 amide bonds. The summed E-state index contributed by atoms with van der Waals surface area (Å²) in [6.45, 7) is 5.17. The molecule has 0 atom stereocenters. The summed E-state index contributed by atoms with van der Waals surface area (Å²) < 4.78 is 62.5. The first-order valence-electron chi connectivity index (χ1n) is 12.8. The van der Waals surface area contributed by atoms with Crippen molar-refractivity contribution in [2.24, 2.45) is 0 Å². The summed E-state index contributed by atoms with van der Waals surface area (Å²) in [5.74, 6) is -0.312. The summed E-state index contributed by atoms with van der Waals surface area (Å²) in [5, 5.41) is 2.66. The molecule has 0 spiro atoms. The van der Waals surface area contributed by atoms with E-state index in [9.17, 15) is 21.6 Å². The minimum Gasteiger partial charge on any atom is -0.492 e. The number of hydrogen-bond donors (Lipinski definition) is 2. The number of ether oxygens (including phenoxy) is 1. The van der Waals surface area contributed by atoms with Crippen LogP contribution in [-0.2, 0) is 24.8 Å². The maximum absolute atomic E-state index is 13.6. The SMILES string of the molecule is CCOc1ccccc1N(CC(=O)Nc1ccc(S(=O)(=O)Nc2c(C)cccc2C)cc1)S(=O)(=O)c1ccccc1. The Morgan fingerprint density at radius 1 is 0.756 bits per heavy atom. The monoisotopic (exact) mass is 593 g/mol. The van der Waals surface area contributed by atoms with Gasteiger partial charge in [0.2, 0.25) is 5.91 Å². The third kappa shape index (κ3) is 6.87. The van der Waals surface area contributed by atoms with Crippen LogP contribution in [0.2, 0.25) is 0 Å². The summed E-state index contributed by atoms with van der Waals surface area (Å²) in [4.78, 5) is 13.2. The van der Waals surface area contributed by atoms with Gasteiger partial charge in [-0.25, -0.2) is 16.8 Å². The van der Waals surface area contributed by atoms with Crippen LogP contribution in [0.5, 0.6) is 5.75 Å². The lowest BCUT2D eigenvalue weighted by Crippen LogP contribution is -2.38. The van der Waals surface area contributed by atoms with Crippen molar-refractivity contribution in [3.8, 4) is 5.75 Å². The molecule has 0 radical (unpaired) electrons. The number of amides is 1. The van der Waals surface area contributed by atoms with Crippen LogP contribution in [0.25, 0.3) is 0 Å². The molecule has 0 fully saturated rings. The highest BCUT2D eigenvalue weighted by molar-refractivity contribution is 7.93. The van der Waals surface area contributed by atoms with Gasteiger partial charge < -0.3 is 10.1 Å². The average molecular weight is 594 g/mol. The van der Waals surface area contributed by atoms with Crippen LogP contribution in [0.3, 0.4) is 0 Å². The van der Waals surface area contributed by atoms with E-state index in [0.29, 0.717) is 23.7 Å². The summed E-state index contributed by atoms with van der Waals surface area (Å²) in [6, 6.07) is 25.5. The number of nitrogens with zero attached hydrogens (tertiary/aromatic N) is 1. The number of nitrogens with one attached hydrogen (secondary N) is 2. The van der Waals surface area contributed by atoms with Crippen LogP contribution in [-0.4, -0.2) is 35.9 Å². The lowest BCUT2D eigenvalue weighted by atomic mass is 10.1. The fourth-order valence-corrected chi connectivity index (χ4v) is 6.83. The first-order chi connectivity index (χ1) is 19.5. The van der Waals surface area contributed by atoms with Gasteiger partial charge in [-0.1, -0.05) is 48.5 Å². The van der Waals surface area contributed by atoms with Crippen molar-refractivity contribution in [1.82, 2.24) is 0 Å². The molecule has 0 aliphatic carbocycles. The number of anilines is 3. The van der Waals surface area contributed by atoms with Gasteiger partial charge in [0.1, 0.15) is 12.3 Å². The first kappa shape index (κ1) is 29.6. The largest absolute Gasteiger partial charge is 0.492 e. The predicted octanol–water partition coefficient (Wildman–Crippen LogP) is 5.34. The lowest BCUT2D eigenvalue weighted by molar-refractivity contribution is -0.114. The van der Waals surface area contributed by atoms with Gasteiger partial charge in [-0.15, -0.1) is 0 Å². The molecule has 0 saturated heterocycles. The molecule has 0 aromatic heterocycles. The number of aryl methyl sites for hydroxylation is 2. The molecular formula is C30H31N3O6S2. The fourth-order valence-electron chi connectivity index (χ4n) is 4.18. The van der Waals surface area contributed by atoms with Gasteiger partial charge in [-0.05, 0) is 80.4 Å². The molecule has 9 nitrogen and oxygen atoms in total. The highest BCUT2D eigenvalue weighted by Crippen LogP contribution is 2.32. The average Bonchev–Trinajstić information content (AvgIpc) is 2.95. The third-order valence-corrected chi connectivity index (χ3v) is 9.36. The van der Waals surface area contributed by atoms with Gasteiger partial charge in [-0.3, -0.25) is 13.8 Å². The molecule has 0 unspecified atom stereocenters. The van der Waals surface area contributed by atoms with Gasteiger partial charge >= 0.3 is 0 Å². The Balaban J connectivity index is 1.57. The van der Waals surface area contributed by atoms with Crippen LogP contribution in [0.4, 0.5) is 17.1 Å². The van der Waals surface area contributed by atoms with Crippen molar-refractivity contribution < 1.29 is 26.4 Å². The summed E-state index contributed by atoms with van der Waals surface area (Å²) in [7, 11) is -8.02. The predicted molar refractivity (Wildman–Crippen MR) is 160 cm³/mol. The van der Waals surface area contributed by atoms with E-state index in [0.717, 1.165) is 15.4 Å². The van der Waals surface area contributed by atoms with Crippen LogP contribution < -0.4 is 19.1 Å². The van der Waals surface area contributed by atoms with Gasteiger partial charge in [-0.2, -0.15) is 0 Å². The van der Waals surface area contributed by atoms with Crippen LogP contribution in [0.15, 0.2) is 107 Å². The van der Waals surface area contributed by atoms with Crippen molar-refractivity contribution in [3.05, 3.63) is 108 Å². The normalized spacial score (nSPS) is 11.5. The second kappa shape index (κ2) is 12.4. The zero-order valence-electron chi connectivity index (χ0n) is 22.9. The highest BCUT2D eigenvalue weighted by atomic mass is 32.2. The first-order valence-corrected chi connectivity index (χ1v) is 15.7. The molecule has 214 valence electrons. The van der Waals surface area contributed by atoms with Gasteiger partial charge in [0.15, 0.2) is 0 Å². The number of carbonyl (C=O) groups is 1. The molecule has 0 saturated carbocycles. The number of para-hydroxylation sites is 3. The van der Waals surface area contributed by atoms with E-state index >= 15 is 0 Å². The summed E-state index contributed by atoms with van der Waals surface area (Å²) in [6.07, 6.45) is 0. The second-order valence-electron chi connectivity index (χ2n) is 9.17. The second-order valence-corrected chi connectivity index (χ2v) is 12.7. The third-order valence-electron chi connectivity index (χ3n) is 6.22. The molecule has 0 aliphatic heterocycles. The molecular weight excluding hydrogens is 562 g/mol. The van der Waals surface area contributed by atoms with E-state index in [1.165, 1.54) is 36.4 Å². The Labute approximate surface area is 240 Å². The van der Waals surface area contributed by atoms with Crippen molar-refractivity contribution in [1.29, 1.82) is 0 Å². The Morgan fingerprint density at radius 2 is 1.37 bits per heavy atom. The molecule has 2 N–H and O–H groups in total. The van der Waals surface area contributed by atoms with E-state index < -0.39 is 32.5 Å². The number of sulfonamides is 2. The molecule has 0 heterocycles. The van der Waals surface area contributed by atoms with Crippen molar-refractivity contribution in [3.63, 3.8) is 0 Å². The maximum atomic E-state index is 13.6. The molecule has 0 aliphatic rings. The molecule has 41 heavy (non-hydrogen) atoms. The molecule has 4 rings (SSSR count). The molecule has 0 bridgehead atoms. The Morgan fingerprint density at radius 3 is 2.00 bits per heavy atom. The molecule has 11 heteroatoms. The van der Waals surface area contributed by atoms with E-state index in [4.69, 9.17) is 4.74 Å². The van der Waals surface area contributed by atoms with E-state index in [2.05, 4.69) is 10.0 Å². The summed E-state index contributed by atoms with van der Waals surface area (Å²) >= 11 is 0. The summed E-state index contributed by atoms with van der Waals surface area (Å²) in [5.41, 5.74) is 2.61. The Kier molecular flexibility index (Phi) is 8.99. The van der Waals surface area contributed by atoms with Crippen molar-refractivity contribution in [2.45, 2.75) is 30.6 Å². The van der Waals surface area contributed by atoms with Crippen LogP contribution >= 0.6 is 0 Å². The minimum absolute atomic E-state index is 0.0112. The molecule has 4 aromatic rings. The standard InChI is InChI=1S/C30H31N3O6S2/c1-4-39-28-16-9-8-15-27(28)33(41(37,38)26-13-6-5-7-14-26)21-29(34)31-24-17-19-25(20-18-24)40(35,36)32-30-22(2)11-10-12-23(30)3/h5-20,32H,4,21H2,1-3H3,(H,31,34). The zero-order valence-corrected chi connectivity index (χ0v) is 24.5. The van der Waals surface area contributed by atoms with E-state index in [1.807, 2.05) is 32.0 Å².